The van der Waals surface area contributed by atoms with Gasteiger partial charge in [-0.15, -0.1) is 0 Å². The Bertz CT molecular complexity index is 490. The van der Waals surface area contributed by atoms with Crippen LogP contribution in [0.4, 0.5) is 0 Å². The molecule has 0 saturated carbocycles. The lowest BCUT2D eigenvalue weighted by atomic mass is 9.97. The van der Waals surface area contributed by atoms with Gasteiger partial charge in [-0.05, 0) is 25.3 Å². The molecule has 20 heavy (non-hydrogen) atoms. The maximum atomic E-state index is 12.3. The summed E-state index contributed by atoms with van der Waals surface area (Å²) < 4.78 is 11.6. The smallest absolute Gasteiger partial charge is 0.225 e. The van der Waals surface area contributed by atoms with E-state index in [9.17, 15) is 4.79 Å². The van der Waals surface area contributed by atoms with Crippen LogP contribution in [-0.2, 0) is 14.3 Å². The largest absolute Gasteiger partial charge is 0.382 e. The molecule has 1 amide bonds. The molecule has 2 heterocycles. The van der Waals surface area contributed by atoms with Crippen molar-refractivity contribution in [1.82, 2.24) is 4.90 Å². The maximum Gasteiger partial charge on any atom is 0.225 e. The zero-order valence-electron chi connectivity index (χ0n) is 12.0. The molecule has 1 aromatic carbocycles. The number of rotatable bonds is 3. The first-order valence-corrected chi connectivity index (χ1v) is 7.19. The molecule has 2 saturated heterocycles. The lowest BCUT2D eigenvalue weighted by Crippen LogP contribution is -2.53. The number of benzene rings is 1. The van der Waals surface area contributed by atoms with Crippen LogP contribution in [0, 0.1) is 0 Å². The lowest BCUT2D eigenvalue weighted by Gasteiger charge is -2.39. The SMILES string of the molecule is COC[C@H]1[C@H](c2ccccc2)O[C@]2(C)CCCC(=O)N12. The number of methoxy groups -OCH3 is 1. The quantitative estimate of drug-likeness (QED) is 0.850. The van der Waals surface area contributed by atoms with Gasteiger partial charge < -0.3 is 14.4 Å². The Morgan fingerprint density at radius 2 is 2.15 bits per heavy atom. The zero-order chi connectivity index (χ0) is 14.2. The molecular formula is C16H21NO3. The fourth-order valence-electron chi connectivity index (χ4n) is 3.48. The van der Waals surface area contributed by atoms with Gasteiger partial charge in [0.2, 0.25) is 5.91 Å². The summed E-state index contributed by atoms with van der Waals surface area (Å²) in [6, 6.07) is 10.1. The first kappa shape index (κ1) is 13.6. The number of ether oxygens (including phenoxy) is 2. The lowest BCUT2D eigenvalue weighted by molar-refractivity contribution is -0.160. The van der Waals surface area contributed by atoms with Crippen LogP contribution in [0.15, 0.2) is 30.3 Å². The summed E-state index contributed by atoms with van der Waals surface area (Å²) in [7, 11) is 1.67. The Hall–Kier alpha value is -1.39. The minimum Gasteiger partial charge on any atom is -0.382 e. The van der Waals surface area contributed by atoms with Crippen LogP contribution < -0.4 is 0 Å². The van der Waals surface area contributed by atoms with E-state index < -0.39 is 5.72 Å². The van der Waals surface area contributed by atoms with Gasteiger partial charge in [-0.25, -0.2) is 0 Å². The first-order valence-electron chi connectivity index (χ1n) is 7.19. The Morgan fingerprint density at radius 3 is 2.85 bits per heavy atom. The Morgan fingerprint density at radius 1 is 1.40 bits per heavy atom. The molecule has 4 heteroatoms. The van der Waals surface area contributed by atoms with E-state index in [2.05, 4.69) is 12.1 Å². The van der Waals surface area contributed by atoms with Gasteiger partial charge in [0.25, 0.3) is 0 Å². The molecule has 4 nitrogen and oxygen atoms in total. The van der Waals surface area contributed by atoms with E-state index in [1.54, 1.807) is 7.11 Å². The van der Waals surface area contributed by atoms with Gasteiger partial charge in [0.05, 0.1) is 12.6 Å². The summed E-state index contributed by atoms with van der Waals surface area (Å²) >= 11 is 0. The topological polar surface area (TPSA) is 38.8 Å². The minimum absolute atomic E-state index is 0.0415. The summed E-state index contributed by atoms with van der Waals surface area (Å²) in [5, 5.41) is 0. The summed E-state index contributed by atoms with van der Waals surface area (Å²) in [4.78, 5) is 14.2. The minimum atomic E-state index is -0.487. The average molecular weight is 275 g/mol. The van der Waals surface area contributed by atoms with Crippen LogP contribution in [0.5, 0.6) is 0 Å². The molecule has 0 radical (unpaired) electrons. The van der Waals surface area contributed by atoms with E-state index in [0.29, 0.717) is 13.0 Å². The van der Waals surface area contributed by atoms with E-state index in [1.807, 2.05) is 30.0 Å². The number of piperidine rings is 1. The normalized spacial score (nSPS) is 33.3. The van der Waals surface area contributed by atoms with Crippen LogP contribution >= 0.6 is 0 Å². The molecule has 0 bridgehead atoms. The van der Waals surface area contributed by atoms with Crippen molar-refractivity contribution in [2.45, 2.75) is 44.1 Å². The van der Waals surface area contributed by atoms with Crippen molar-refractivity contribution >= 4 is 5.91 Å². The van der Waals surface area contributed by atoms with Gasteiger partial charge >= 0.3 is 0 Å². The van der Waals surface area contributed by atoms with E-state index >= 15 is 0 Å². The van der Waals surface area contributed by atoms with E-state index in [0.717, 1.165) is 18.4 Å². The van der Waals surface area contributed by atoms with Gasteiger partial charge in [0.1, 0.15) is 11.8 Å². The van der Waals surface area contributed by atoms with Crippen molar-refractivity contribution in [3.05, 3.63) is 35.9 Å². The van der Waals surface area contributed by atoms with Crippen molar-refractivity contribution in [1.29, 1.82) is 0 Å². The highest BCUT2D eigenvalue weighted by Gasteiger charge is 2.53. The van der Waals surface area contributed by atoms with Gasteiger partial charge in [-0.3, -0.25) is 4.79 Å². The number of carbonyl (C=O) groups excluding carboxylic acids is 1. The van der Waals surface area contributed by atoms with Gasteiger partial charge in [-0.2, -0.15) is 0 Å². The molecule has 0 N–H and O–H groups in total. The first-order chi connectivity index (χ1) is 9.65. The number of amides is 1. The highest BCUT2D eigenvalue weighted by atomic mass is 16.6. The highest BCUT2D eigenvalue weighted by molar-refractivity contribution is 5.78. The molecule has 0 unspecified atom stereocenters. The Balaban J connectivity index is 1.97. The molecule has 3 atom stereocenters. The third kappa shape index (κ3) is 2.13. The van der Waals surface area contributed by atoms with Crippen LogP contribution in [0.2, 0.25) is 0 Å². The average Bonchev–Trinajstić information content (AvgIpc) is 2.75. The molecule has 3 rings (SSSR count). The maximum absolute atomic E-state index is 12.3. The Labute approximate surface area is 119 Å². The third-order valence-corrected chi connectivity index (χ3v) is 4.34. The molecule has 2 aliphatic rings. The van der Waals surface area contributed by atoms with Crippen LogP contribution in [-0.4, -0.2) is 36.3 Å². The summed E-state index contributed by atoms with van der Waals surface area (Å²) in [5.41, 5.74) is 0.622. The molecule has 1 aromatic rings. The standard InChI is InChI=1S/C16H21NO3/c1-16-10-6-9-14(18)17(16)13(11-19-2)15(20-16)12-7-4-3-5-8-12/h3-5,7-8,13,15H,6,9-11H2,1-2H3/t13-,15-,16+/m0/s1. The van der Waals surface area contributed by atoms with E-state index in [4.69, 9.17) is 9.47 Å². The van der Waals surface area contributed by atoms with Gasteiger partial charge in [0.15, 0.2) is 0 Å². The van der Waals surface area contributed by atoms with E-state index in [-0.39, 0.29) is 18.1 Å². The molecule has 108 valence electrons. The summed E-state index contributed by atoms with van der Waals surface area (Å²) in [5.74, 6) is 0.180. The molecule has 0 spiro atoms. The van der Waals surface area contributed by atoms with Crippen molar-refractivity contribution in [2.24, 2.45) is 0 Å². The number of carbonyl (C=O) groups is 1. The molecule has 0 aliphatic carbocycles. The summed E-state index contributed by atoms with van der Waals surface area (Å²) in [6.07, 6.45) is 2.29. The van der Waals surface area contributed by atoms with Crippen LogP contribution in [0.1, 0.15) is 37.9 Å². The van der Waals surface area contributed by atoms with Crippen LogP contribution in [0.25, 0.3) is 0 Å². The number of fused-ring (bicyclic) bond motifs is 1. The molecule has 2 fully saturated rings. The van der Waals surface area contributed by atoms with Crippen molar-refractivity contribution < 1.29 is 14.3 Å². The number of hydrogen-bond acceptors (Lipinski definition) is 3. The zero-order valence-corrected chi connectivity index (χ0v) is 12.0. The second-order valence-corrected chi connectivity index (χ2v) is 5.76. The van der Waals surface area contributed by atoms with Crippen molar-refractivity contribution in [3.8, 4) is 0 Å². The fraction of sp³-hybridized carbons (Fsp3) is 0.562. The molecule has 2 aliphatic heterocycles. The highest BCUT2D eigenvalue weighted by Crippen LogP contribution is 2.46. The second-order valence-electron chi connectivity index (χ2n) is 5.76. The van der Waals surface area contributed by atoms with Crippen molar-refractivity contribution in [2.75, 3.05) is 13.7 Å². The van der Waals surface area contributed by atoms with Crippen LogP contribution in [0.3, 0.4) is 0 Å². The molecular weight excluding hydrogens is 254 g/mol. The molecule has 0 aromatic heterocycles. The fourth-order valence-corrected chi connectivity index (χ4v) is 3.48. The number of nitrogens with zero attached hydrogens (tertiary/aromatic N) is 1. The van der Waals surface area contributed by atoms with Gasteiger partial charge in [0, 0.05) is 13.5 Å². The third-order valence-electron chi connectivity index (χ3n) is 4.34. The van der Waals surface area contributed by atoms with Gasteiger partial charge in [-0.1, -0.05) is 30.3 Å². The van der Waals surface area contributed by atoms with Crippen molar-refractivity contribution in [3.63, 3.8) is 0 Å². The summed E-state index contributed by atoms with van der Waals surface area (Å²) in [6.45, 7) is 2.52. The monoisotopic (exact) mass is 275 g/mol. The predicted octanol–water partition coefficient (Wildman–Crippen LogP) is 2.50. The number of hydrogen-bond donors (Lipinski definition) is 0. The second kappa shape index (κ2) is 5.19. The van der Waals surface area contributed by atoms with E-state index in [1.165, 1.54) is 0 Å². The Kier molecular flexibility index (Phi) is 3.52. The predicted molar refractivity (Wildman–Crippen MR) is 75.0 cm³/mol.